The monoisotopic (exact) mass is 918 g/mol. The van der Waals surface area contributed by atoms with E-state index in [1.165, 1.54) is 26.2 Å². The van der Waals surface area contributed by atoms with Gasteiger partial charge in [-0.3, -0.25) is 4.79 Å². The Morgan fingerprint density at radius 3 is 2.23 bits per heavy atom. The van der Waals surface area contributed by atoms with Crippen molar-refractivity contribution in [3.8, 4) is 5.75 Å². The van der Waals surface area contributed by atoms with E-state index in [1.807, 2.05) is 0 Å². The van der Waals surface area contributed by atoms with Gasteiger partial charge in [0.15, 0.2) is 24.8 Å². The zero-order chi connectivity index (χ0) is 46.6. The number of carbonyl (C=O) groups excluding carboxylic acids is 2. The highest BCUT2D eigenvalue weighted by molar-refractivity contribution is 5.89. The van der Waals surface area contributed by atoms with Gasteiger partial charge in [0.25, 0.3) is 0 Å². The Balaban J connectivity index is 1.12. The van der Waals surface area contributed by atoms with Gasteiger partial charge < -0.3 is 63.6 Å². The topological polar surface area (TPSA) is 201 Å². The van der Waals surface area contributed by atoms with Crippen LogP contribution in [0.1, 0.15) is 116 Å². The molecule has 1 aromatic rings. The van der Waals surface area contributed by atoms with Crippen LogP contribution in [0, 0.1) is 52.3 Å². The van der Waals surface area contributed by atoms with Gasteiger partial charge in [0.2, 0.25) is 0 Å². The molecular formula is C50H79NO14. The van der Waals surface area contributed by atoms with Crippen LogP contribution in [0.25, 0.3) is 0 Å². The molecule has 15 heteroatoms. The summed E-state index contributed by atoms with van der Waals surface area (Å²) in [6.45, 7) is 12.9. The van der Waals surface area contributed by atoms with Crippen LogP contribution in [0.15, 0.2) is 24.3 Å². The predicted octanol–water partition coefficient (Wildman–Crippen LogP) is 5.03. The first kappa shape index (κ1) is 50.4. The lowest BCUT2D eigenvalue weighted by Gasteiger charge is -2.61. The summed E-state index contributed by atoms with van der Waals surface area (Å²) >= 11 is 0. The van der Waals surface area contributed by atoms with E-state index in [0.717, 1.165) is 83.7 Å². The van der Waals surface area contributed by atoms with E-state index in [1.54, 1.807) is 19.2 Å². The number of esters is 2. The minimum Gasteiger partial charge on any atom is -0.497 e. The van der Waals surface area contributed by atoms with Crippen molar-refractivity contribution in [2.75, 3.05) is 47.1 Å². The molecule has 0 spiro atoms. The first-order chi connectivity index (χ1) is 31.1. The number of ether oxygens (including phenoxy) is 8. The minimum absolute atomic E-state index is 0.00907. The van der Waals surface area contributed by atoms with Crippen molar-refractivity contribution in [1.29, 1.82) is 0 Å². The summed E-state index contributed by atoms with van der Waals surface area (Å²) in [7, 11) is 3.23. The molecule has 15 nitrogen and oxygen atoms in total. The van der Waals surface area contributed by atoms with Gasteiger partial charge in [-0.05, 0) is 141 Å². The van der Waals surface area contributed by atoms with Crippen molar-refractivity contribution >= 4 is 11.9 Å². The summed E-state index contributed by atoms with van der Waals surface area (Å²) in [4.78, 5) is 26.2. The van der Waals surface area contributed by atoms with Gasteiger partial charge in [0.1, 0.15) is 30.2 Å². The number of benzene rings is 1. The molecule has 6 fully saturated rings. The number of methoxy groups -OCH3 is 2. The third-order valence-electron chi connectivity index (χ3n) is 17.0. The zero-order valence-electron chi connectivity index (χ0n) is 39.8. The van der Waals surface area contributed by atoms with Crippen LogP contribution >= 0.6 is 0 Å². The van der Waals surface area contributed by atoms with E-state index in [2.05, 4.69) is 33.0 Å². The Hall–Kier alpha value is -2.44. The second-order valence-electron chi connectivity index (χ2n) is 21.1. The van der Waals surface area contributed by atoms with Gasteiger partial charge in [-0.15, -0.1) is 0 Å². The second-order valence-corrected chi connectivity index (χ2v) is 21.1. The number of aliphatic hydroxyl groups excluding tert-OH is 4. The molecule has 0 amide bonds. The number of carbonyl (C=O) groups is 2. The fourth-order valence-electron chi connectivity index (χ4n) is 13.6. The number of fused-ring (bicyclic) bond motifs is 5. The van der Waals surface area contributed by atoms with E-state index in [9.17, 15) is 30.0 Å². The highest BCUT2D eigenvalue weighted by atomic mass is 16.7. The van der Waals surface area contributed by atoms with Crippen LogP contribution in [0.2, 0.25) is 0 Å². The largest absolute Gasteiger partial charge is 0.497 e. The standard InChI is InChI=1S/C50H79NO14/c1-28(25-51-21-22-58-6)9-8-10-29(2)41-40(24-37-35-16-13-32-23-33(53)17-19-49(32,4)36(35)18-20-50(37,41)5)63-48-45(62-30(3)52)43(39(55)27-61-48)65-47-44(42(56)38(54)26-60-47)64-46(57)31-11-14-34(59-7)15-12-31/h11-12,14-15,28-29,32-33,35-45,47-48,51,53-56H,8-10,13,16-27H2,1-7H3/t28-,29-,32+,33+,35-,36+,37+,38-,39+,40+,41+,42+,43+,44-,45-,47+,48+,49+,50+/m1/s1. The van der Waals surface area contributed by atoms with E-state index in [-0.39, 0.29) is 47.7 Å². The van der Waals surface area contributed by atoms with Gasteiger partial charge in [0.05, 0.1) is 44.7 Å². The maximum atomic E-state index is 13.3. The molecule has 368 valence electrons. The van der Waals surface area contributed by atoms with Crippen LogP contribution in [-0.2, 0) is 38.0 Å². The molecule has 2 aliphatic heterocycles. The van der Waals surface area contributed by atoms with Gasteiger partial charge in [-0.25, -0.2) is 4.79 Å². The third-order valence-corrected chi connectivity index (χ3v) is 17.0. The fraction of sp³-hybridized carbons (Fsp3) is 0.840. The molecule has 4 aliphatic carbocycles. The van der Waals surface area contributed by atoms with E-state index < -0.39 is 61.1 Å². The molecule has 6 aliphatic rings. The van der Waals surface area contributed by atoms with Crippen molar-refractivity contribution in [2.45, 2.75) is 167 Å². The average molecular weight is 918 g/mol. The molecule has 7 rings (SSSR count). The van der Waals surface area contributed by atoms with Crippen molar-refractivity contribution in [1.82, 2.24) is 5.32 Å². The van der Waals surface area contributed by atoms with Crippen LogP contribution in [0.3, 0.4) is 0 Å². The van der Waals surface area contributed by atoms with Crippen molar-refractivity contribution < 1.29 is 67.9 Å². The lowest BCUT2D eigenvalue weighted by Crippen LogP contribution is -2.62. The van der Waals surface area contributed by atoms with E-state index >= 15 is 0 Å². The molecule has 0 unspecified atom stereocenters. The molecule has 0 aromatic heterocycles. The van der Waals surface area contributed by atoms with Gasteiger partial charge in [0, 0.05) is 20.6 Å². The van der Waals surface area contributed by atoms with Gasteiger partial charge in [-0.2, -0.15) is 0 Å². The fourth-order valence-corrected chi connectivity index (χ4v) is 13.6. The Bertz CT molecular complexity index is 1700. The number of hydrogen-bond acceptors (Lipinski definition) is 15. The molecule has 2 saturated heterocycles. The lowest BCUT2D eigenvalue weighted by atomic mass is 9.44. The molecule has 0 radical (unpaired) electrons. The normalized spacial score (nSPS) is 41.3. The smallest absolute Gasteiger partial charge is 0.338 e. The Morgan fingerprint density at radius 1 is 0.815 bits per heavy atom. The second kappa shape index (κ2) is 21.9. The van der Waals surface area contributed by atoms with Crippen molar-refractivity contribution in [2.24, 2.45) is 52.3 Å². The van der Waals surface area contributed by atoms with Crippen molar-refractivity contribution in [3.63, 3.8) is 0 Å². The zero-order valence-corrected chi connectivity index (χ0v) is 39.8. The predicted molar refractivity (Wildman–Crippen MR) is 239 cm³/mol. The van der Waals surface area contributed by atoms with Crippen LogP contribution < -0.4 is 10.1 Å². The van der Waals surface area contributed by atoms with Crippen LogP contribution in [-0.4, -0.2) is 141 Å². The number of aliphatic hydroxyl groups is 4. The summed E-state index contributed by atoms with van der Waals surface area (Å²) in [5, 5.41) is 47.4. The highest BCUT2D eigenvalue weighted by Gasteiger charge is 2.64. The van der Waals surface area contributed by atoms with Gasteiger partial charge >= 0.3 is 11.9 Å². The summed E-state index contributed by atoms with van der Waals surface area (Å²) in [5.74, 6) is 2.17. The lowest BCUT2D eigenvalue weighted by molar-refractivity contribution is -0.340. The van der Waals surface area contributed by atoms with Gasteiger partial charge in [-0.1, -0.05) is 40.5 Å². The van der Waals surface area contributed by atoms with Crippen molar-refractivity contribution in [3.05, 3.63) is 29.8 Å². The molecule has 19 atom stereocenters. The summed E-state index contributed by atoms with van der Waals surface area (Å²) < 4.78 is 47.8. The summed E-state index contributed by atoms with van der Waals surface area (Å²) in [5.41, 5.74) is 0.361. The maximum Gasteiger partial charge on any atom is 0.338 e. The quantitative estimate of drug-likeness (QED) is 0.0970. The first-order valence-electron chi connectivity index (χ1n) is 24.6. The third kappa shape index (κ3) is 11.1. The molecule has 2 heterocycles. The van der Waals surface area contributed by atoms with E-state index in [0.29, 0.717) is 47.9 Å². The minimum atomic E-state index is -1.59. The number of hydrogen-bond donors (Lipinski definition) is 5. The molecular weight excluding hydrogens is 839 g/mol. The SMILES string of the molecule is COCCNC[C@H](C)CCC[C@@H](C)[C@H]1[C@@H](O[C@@H]2OC[C@H](O)[C@H](O[C@@H]3OC[C@@H](O)[C@H](O)[C@H]3OC(=O)c3ccc(OC)cc3)[C@H]2OC(C)=O)C[C@H]2[C@@H]3CC[C@H]4C[C@@H](O)CC[C@]4(C)[C@H]3CC[C@]12C. The summed E-state index contributed by atoms with van der Waals surface area (Å²) in [6.07, 6.45) is 0.0331. The Morgan fingerprint density at radius 2 is 1.52 bits per heavy atom. The molecule has 0 bridgehead atoms. The highest BCUT2D eigenvalue weighted by Crippen LogP contribution is 2.69. The molecule has 4 saturated carbocycles. The maximum absolute atomic E-state index is 13.3. The Labute approximate surface area is 385 Å². The molecule has 5 N–H and O–H groups in total. The van der Waals surface area contributed by atoms with E-state index in [4.69, 9.17) is 37.9 Å². The summed E-state index contributed by atoms with van der Waals surface area (Å²) in [6, 6.07) is 6.21. The Kier molecular flexibility index (Phi) is 17.0. The first-order valence-corrected chi connectivity index (χ1v) is 24.6. The number of nitrogens with one attached hydrogen (secondary N) is 1. The average Bonchev–Trinajstić information content (AvgIpc) is 3.58. The molecule has 65 heavy (non-hydrogen) atoms. The van der Waals surface area contributed by atoms with Crippen LogP contribution in [0.5, 0.6) is 5.75 Å². The van der Waals surface area contributed by atoms with Crippen LogP contribution in [0.4, 0.5) is 0 Å². The molecule has 1 aromatic carbocycles. The number of rotatable bonds is 18.